The van der Waals surface area contributed by atoms with Gasteiger partial charge in [0.15, 0.2) is 0 Å². The van der Waals surface area contributed by atoms with Crippen molar-refractivity contribution in [2.45, 2.75) is 32.9 Å². The number of hydrogen-bond donors (Lipinski definition) is 0. The van der Waals surface area contributed by atoms with E-state index in [4.69, 9.17) is 4.74 Å². The van der Waals surface area contributed by atoms with Crippen LogP contribution >= 0.6 is 7.60 Å². The summed E-state index contributed by atoms with van der Waals surface area (Å²) in [7, 11) is -4.38. The molecule has 0 radical (unpaired) electrons. The van der Waals surface area contributed by atoms with E-state index in [2.05, 4.69) is 9.05 Å². The summed E-state index contributed by atoms with van der Waals surface area (Å²) < 4.78 is 52.9. The summed E-state index contributed by atoms with van der Waals surface area (Å²) in [4.78, 5) is 0. The Balaban J connectivity index is 4.54. The van der Waals surface area contributed by atoms with Gasteiger partial charge >= 0.3 is 13.3 Å². The molecule has 0 atom stereocenters. The number of halogens is 2. The topological polar surface area (TPSA) is 44.8 Å². The first kappa shape index (κ1) is 16.0. The molecule has 0 saturated carbocycles. The summed E-state index contributed by atoms with van der Waals surface area (Å²) in [5.74, 6) is 0. The lowest BCUT2D eigenvalue weighted by Crippen LogP contribution is -2.22. The molecule has 98 valence electrons. The molecule has 0 aliphatic rings. The van der Waals surface area contributed by atoms with Crippen LogP contribution in [-0.4, -0.2) is 32.1 Å². The first-order valence-corrected chi connectivity index (χ1v) is 6.82. The highest BCUT2D eigenvalue weighted by Crippen LogP contribution is 2.63. The fourth-order valence-electron chi connectivity index (χ4n) is 1.04. The second kappa shape index (κ2) is 7.33. The maximum absolute atomic E-state index is 13.6. The molecule has 0 aromatic carbocycles. The van der Waals surface area contributed by atoms with Crippen molar-refractivity contribution in [3.05, 3.63) is 0 Å². The Labute approximate surface area is 94.8 Å². The molecule has 0 aromatic rings. The van der Waals surface area contributed by atoms with Crippen LogP contribution in [0.5, 0.6) is 0 Å². The van der Waals surface area contributed by atoms with Gasteiger partial charge < -0.3 is 13.8 Å². The fourth-order valence-corrected chi connectivity index (χ4v) is 2.54. The molecular formula is C9H19F2O4P. The molecule has 0 N–H and O–H groups in total. The Hall–Kier alpha value is -0.0300. The van der Waals surface area contributed by atoms with E-state index < -0.39 is 19.7 Å². The Kier molecular flexibility index (Phi) is 7.31. The molecule has 0 spiro atoms. The van der Waals surface area contributed by atoms with Crippen LogP contribution in [0.15, 0.2) is 0 Å². The van der Waals surface area contributed by atoms with Gasteiger partial charge in [0.05, 0.1) is 19.8 Å². The normalized spacial score (nSPS) is 13.1. The third-order valence-corrected chi connectivity index (χ3v) is 3.97. The van der Waals surface area contributed by atoms with E-state index in [1.165, 1.54) is 13.8 Å². The monoisotopic (exact) mass is 260 g/mol. The molecule has 16 heavy (non-hydrogen) atoms. The molecule has 0 saturated heterocycles. The lowest BCUT2D eigenvalue weighted by Gasteiger charge is -2.25. The summed E-state index contributed by atoms with van der Waals surface area (Å²) in [6.45, 7) is 4.68. The number of rotatable bonds is 9. The van der Waals surface area contributed by atoms with Gasteiger partial charge in [0, 0.05) is 13.0 Å². The quantitative estimate of drug-likeness (QED) is 0.471. The maximum Gasteiger partial charge on any atom is 0.399 e. The molecule has 0 heterocycles. The number of hydrogen-bond acceptors (Lipinski definition) is 4. The van der Waals surface area contributed by atoms with E-state index in [-0.39, 0.29) is 19.8 Å². The first-order chi connectivity index (χ1) is 7.43. The third kappa shape index (κ3) is 4.45. The second-order valence-corrected chi connectivity index (χ2v) is 5.11. The van der Waals surface area contributed by atoms with Gasteiger partial charge in [-0.2, -0.15) is 8.78 Å². The number of alkyl halides is 2. The van der Waals surface area contributed by atoms with Crippen LogP contribution in [0, 0.1) is 0 Å². The van der Waals surface area contributed by atoms with Gasteiger partial charge in [-0.15, -0.1) is 0 Å². The molecule has 0 aliphatic carbocycles. The van der Waals surface area contributed by atoms with E-state index in [1.54, 1.807) is 6.92 Å². The Bertz CT molecular complexity index is 226. The molecule has 0 rings (SSSR count). The van der Waals surface area contributed by atoms with Gasteiger partial charge in [-0.1, -0.05) is 0 Å². The van der Waals surface area contributed by atoms with Crippen LogP contribution in [0.3, 0.4) is 0 Å². The van der Waals surface area contributed by atoms with Crippen LogP contribution in [0.4, 0.5) is 8.78 Å². The van der Waals surface area contributed by atoms with Gasteiger partial charge in [-0.25, -0.2) is 0 Å². The van der Waals surface area contributed by atoms with E-state index in [9.17, 15) is 13.3 Å². The summed E-state index contributed by atoms with van der Waals surface area (Å²) in [6, 6.07) is 0. The Morgan fingerprint density at radius 2 is 1.56 bits per heavy atom. The molecule has 0 amide bonds. The first-order valence-electron chi connectivity index (χ1n) is 5.28. The SMILES string of the molecule is CCOCCC(F)(F)P(=O)(OCC)OCC. The van der Waals surface area contributed by atoms with Crippen molar-refractivity contribution in [1.82, 2.24) is 0 Å². The minimum absolute atomic E-state index is 0.0818. The lowest BCUT2D eigenvalue weighted by molar-refractivity contribution is 0.00522. The smallest absolute Gasteiger partial charge is 0.381 e. The van der Waals surface area contributed by atoms with Crippen LogP contribution < -0.4 is 0 Å². The molecule has 4 nitrogen and oxygen atoms in total. The van der Waals surface area contributed by atoms with E-state index in [0.717, 1.165) is 0 Å². The maximum atomic E-state index is 13.6. The van der Waals surface area contributed by atoms with Crippen molar-refractivity contribution < 1.29 is 27.1 Å². The highest BCUT2D eigenvalue weighted by atomic mass is 31.2. The lowest BCUT2D eigenvalue weighted by atomic mass is 10.5. The third-order valence-electron chi connectivity index (χ3n) is 1.75. The van der Waals surface area contributed by atoms with Crippen LogP contribution in [0.25, 0.3) is 0 Å². The summed E-state index contributed by atoms with van der Waals surface area (Å²) >= 11 is 0. The van der Waals surface area contributed by atoms with Crippen LogP contribution in [0.2, 0.25) is 0 Å². The highest BCUT2D eigenvalue weighted by Gasteiger charge is 2.52. The standard InChI is InChI=1S/C9H19F2O4P/c1-4-13-8-7-9(10,11)16(12,14-5-2)15-6-3/h4-8H2,1-3H3. The fraction of sp³-hybridized carbons (Fsp3) is 1.00. The molecule has 0 bridgehead atoms. The molecule has 0 fully saturated rings. The number of ether oxygens (including phenoxy) is 1. The zero-order chi connectivity index (χ0) is 12.7. The van der Waals surface area contributed by atoms with Crippen molar-refractivity contribution in [1.29, 1.82) is 0 Å². The molecular weight excluding hydrogens is 241 g/mol. The summed E-state index contributed by atoms with van der Waals surface area (Å²) in [6.07, 6.45) is -0.669. The molecule has 7 heteroatoms. The van der Waals surface area contributed by atoms with E-state index in [1.807, 2.05) is 0 Å². The average Bonchev–Trinajstić information content (AvgIpc) is 2.18. The van der Waals surface area contributed by atoms with Crippen molar-refractivity contribution >= 4 is 7.60 Å². The van der Waals surface area contributed by atoms with Crippen molar-refractivity contribution in [2.75, 3.05) is 26.4 Å². The summed E-state index contributed by atoms with van der Waals surface area (Å²) in [5, 5.41) is 0. The van der Waals surface area contributed by atoms with Crippen molar-refractivity contribution in [2.24, 2.45) is 0 Å². The minimum atomic E-state index is -4.38. The van der Waals surface area contributed by atoms with Gasteiger partial charge in [0.25, 0.3) is 0 Å². The van der Waals surface area contributed by atoms with Crippen LogP contribution in [-0.2, 0) is 18.3 Å². The minimum Gasteiger partial charge on any atom is -0.381 e. The second-order valence-electron chi connectivity index (χ2n) is 2.95. The Morgan fingerprint density at radius 1 is 1.06 bits per heavy atom. The largest absolute Gasteiger partial charge is 0.399 e. The van der Waals surface area contributed by atoms with Gasteiger partial charge in [0.2, 0.25) is 0 Å². The van der Waals surface area contributed by atoms with Gasteiger partial charge in [-0.05, 0) is 20.8 Å². The molecule has 0 aliphatic heterocycles. The van der Waals surface area contributed by atoms with Crippen molar-refractivity contribution in [3.63, 3.8) is 0 Å². The zero-order valence-corrected chi connectivity index (χ0v) is 10.8. The predicted molar refractivity (Wildman–Crippen MR) is 56.9 cm³/mol. The average molecular weight is 260 g/mol. The summed E-state index contributed by atoms with van der Waals surface area (Å²) in [5.41, 5.74) is -3.51. The van der Waals surface area contributed by atoms with E-state index >= 15 is 0 Å². The molecule has 0 unspecified atom stereocenters. The van der Waals surface area contributed by atoms with Gasteiger partial charge in [0.1, 0.15) is 0 Å². The van der Waals surface area contributed by atoms with Gasteiger partial charge in [-0.3, -0.25) is 4.57 Å². The Morgan fingerprint density at radius 3 is 1.94 bits per heavy atom. The van der Waals surface area contributed by atoms with Crippen LogP contribution in [0.1, 0.15) is 27.2 Å². The molecule has 0 aromatic heterocycles. The van der Waals surface area contributed by atoms with Crippen molar-refractivity contribution in [3.8, 4) is 0 Å². The van der Waals surface area contributed by atoms with E-state index in [0.29, 0.717) is 6.61 Å². The highest BCUT2D eigenvalue weighted by molar-refractivity contribution is 7.55. The predicted octanol–water partition coefficient (Wildman–Crippen LogP) is 3.27. The zero-order valence-electron chi connectivity index (χ0n) is 9.87.